The lowest BCUT2D eigenvalue weighted by atomic mass is 10.1. The highest BCUT2D eigenvalue weighted by Crippen LogP contribution is 2.26. The van der Waals surface area contributed by atoms with Crippen molar-refractivity contribution < 1.29 is 24.3 Å². The smallest absolute Gasteiger partial charge is 0.338 e. The van der Waals surface area contributed by atoms with Crippen molar-refractivity contribution in [3.8, 4) is 0 Å². The highest BCUT2D eigenvalue weighted by Gasteiger charge is 2.30. The Morgan fingerprint density at radius 3 is 2.28 bits per heavy atom. The molecule has 0 aromatic heterocycles. The zero-order valence-corrected chi connectivity index (χ0v) is 8.99. The van der Waals surface area contributed by atoms with Crippen LogP contribution < -0.4 is 4.90 Å². The summed E-state index contributed by atoms with van der Waals surface area (Å²) in [4.78, 5) is 45.6. The lowest BCUT2D eigenvalue weighted by Crippen LogP contribution is -2.31. The molecule has 0 atom stereocenters. The van der Waals surface area contributed by atoms with E-state index in [0.717, 1.165) is 17.1 Å². The number of nitrogens with zero attached hydrogens (tertiary/aromatic N) is 1. The summed E-state index contributed by atoms with van der Waals surface area (Å²) in [5, 5.41) is 9.08. The van der Waals surface area contributed by atoms with Crippen LogP contribution in [0.5, 0.6) is 0 Å². The maximum absolute atomic E-state index is 11.5. The molecule has 6 nitrogen and oxygen atoms in total. The SMILES string of the molecule is O=Cc1cccc(N2C(=O)C=CC2=O)c1C(=O)O. The molecule has 90 valence electrons. The van der Waals surface area contributed by atoms with E-state index in [1.54, 1.807) is 0 Å². The first-order valence-corrected chi connectivity index (χ1v) is 4.94. The van der Waals surface area contributed by atoms with Crippen molar-refractivity contribution in [1.82, 2.24) is 0 Å². The Balaban J connectivity index is 2.65. The van der Waals surface area contributed by atoms with Gasteiger partial charge in [0.15, 0.2) is 6.29 Å². The molecule has 1 aromatic rings. The summed E-state index contributed by atoms with van der Waals surface area (Å²) < 4.78 is 0. The number of hydrogen-bond donors (Lipinski definition) is 1. The molecule has 0 spiro atoms. The van der Waals surface area contributed by atoms with Gasteiger partial charge in [-0.3, -0.25) is 14.4 Å². The van der Waals surface area contributed by atoms with Gasteiger partial charge in [0.2, 0.25) is 0 Å². The number of aromatic carboxylic acids is 1. The van der Waals surface area contributed by atoms with Gasteiger partial charge < -0.3 is 5.11 Å². The maximum atomic E-state index is 11.5. The highest BCUT2D eigenvalue weighted by atomic mass is 16.4. The molecule has 6 heteroatoms. The van der Waals surface area contributed by atoms with Crippen molar-refractivity contribution in [3.05, 3.63) is 41.5 Å². The minimum atomic E-state index is -1.37. The summed E-state index contributed by atoms with van der Waals surface area (Å²) in [5.74, 6) is -2.64. The number of imide groups is 1. The van der Waals surface area contributed by atoms with E-state index >= 15 is 0 Å². The minimum absolute atomic E-state index is 0.0903. The molecule has 18 heavy (non-hydrogen) atoms. The maximum Gasteiger partial charge on any atom is 0.338 e. The van der Waals surface area contributed by atoms with Gasteiger partial charge in [0.1, 0.15) is 0 Å². The largest absolute Gasteiger partial charge is 0.478 e. The van der Waals surface area contributed by atoms with Crippen molar-refractivity contribution in [2.45, 2.75) is 0 Å². The molecule has 1 N–H and O–H groups in total. The van der Waals surface area contributed by atoms with Crippen molar-refractivity contribution in [3.63, 3.8) is 0 Å². The first-order chi connectivity index (χ1) is 8.56. The molecule has 1 aliphatic rings. The monoisotopic (exact) mass is 245 g/mol. The average molecular weight is 245 g/mol. The number of carboxylic acid groups (broad SMARTS) is 1. The normalized spacial score (nSPS) is 14.1. The molecule has 0 radical (unpaired) electrons. The summed E-state index contributed by atoms with van der Waals surface area (Å²) >= 11 is 0. The quantitative estimate of drug-likeness (QED) is 0.622. The molecular formula is C12H7NO5. The fraction of sp³-hybridized carbons (Fsp3) is 0. The predicted molar refractivity (Wildman–Crippen MR) is 60.4 cm³/mol. The second kappa shape index (κ2) is 4.25. The number of anilines is 1. The lowest BCUT2D eigenvalue weighted by Gasteiger charge is -2.17. The zero-order valence-electron chi connectivity index (χ0n) is 8.99. The van der Waals surface area contributed by atoms with E-state index in [1.807, 2.05) is 0 Å². The number of amides is 2. The van der Waals surface area contributed by atoms with Crippen LogP contribution in [0.4, 0.5) is 5.69 Å². The lowest BCUT2D eigenvalue weighted by molar-refractivity contribution is -0.119. The molecule has 0 bridgehead atoms. The Morgan fingerprint density at radius 1 is 1.17 bits per heavy atom. The van der Waals surface area contributed by atoms with Crippen molar-refractivity contribution in [2.75, 3.05) is 4.90 Å². The van der Waals surface area contributed by atoms with Gasteiger partial charge in [-0.15, -0.1) is 0 Å². The van der Waals surface area contributed by atoms with E-state index in [-0.39, 0.29) is 16.8 Å². The summed E-state index contributed by atoms with van der Waals surface area (Å²) in [6, 6.07) is 4.02. The van der Waals surface area contributed by atoms with Gasteiger partial charge in [0.25, 0.3) is 11.8 Å². The number of benzene rings is 1. The van der Waals surface area contributed by atoms with E-state index < -0.39 is 17.8 Å². The number of carboxylic acids is 1. The zero-order chi connectivity index (χ0) is 13.3. The van der Waals surface area contributed by atoms with Gasteiger partial charge in [-0.1, -0.05) is 12.1 Å². The van der Waals surface area contributed by atoms with Gasteiger partial charge in [-0.05, 0) is 6.07 Å². The second-order valence-electron chi connectivity index (χ2n) is 3.51. The predicted octanol–water partition coefficient (Wildman–Crippen LogP) is 0.627. The van der Waals surface area contributed by atoms with Crippen LogP contribution >= 0.6 is 0 Å². The van der Waals surface area contributed by atoms with Crippen LogP contribution in [-0.4, -0.2) is 29.2 Å². The Bertz CT molecular complexity index is 584. The Labute approximate surface area is 101 Å². The van der Waals surface area contributed by atoms with E-state index in [4.69, 9.17) is 5.11 Å². The molecule has 0 unspecified atom stereocenters. The third kappa shape index (κ3) is 1.69. The summed E-state index contributed by atoms with van der Waals surface area (Å²) in [7, 11) is 0. The highest BCUT2D eigenvalue weighted by molar-refractivity contribution is 6.29. The van der Waals surface area contributed by atoms with Gasteiger partial charge in [-0.25, -0.2) is 9.69 Å². The van der Waals surface area contributed by atoms with E-state index in [0.29, 0.717) is 6.29 Å². The minimum Gasteiger partial charge on any atom is -0.478 e. The first kappa shape index (κ1) is 11.7. The van der Waals surface area contributed by atoms with Gasteiger partial charge in [-0.2, -0.15) is 0 Å². The van der Waals surface area contributed by atoms with E-state index in [1.165, 1.54) is 18.2 Å². The van der Waals surface area contributed by atoms with Gasteiger partial charge >= 0.3 is 5.97 Å². The summed E-state index contributed by atoms with van der Waals surface area (Å²) in [5.41, 5.74) is -0.558. The van der Waals surface area contributed by atoms with Crippen molar-refractivity contribution >= 4 is 29.8 Å². The van der Waals surface area contributed by atoms with Crippen LogP contribution in [0.3, 0.4) is 0 Å². The molecule has 1 aromatic carbocycles. The van der Waals surface area contributed by atoms with E-state index in [9.17, 15) is 19.2 Å². The molecule has 0 saturated heterocycles. The third-order valence-electron chi connectivity index (χ3n) is 2.47. The standard InChI is InChI=1S/C12H7NO5/c14-6-7-2-1-3-8(11(7)12(17)18)13-9(15)4-5-10(13)16/h1-6H,(H,17,18). The van der Waals surface area contributed by atoms with Crippen LogP contribution in [0.15, 0.2) is 30.4 Å². The Kier molecular flexibility index (Phi) is 2.77. The molecule has 1 aliphatic heterocycles. The number of carbonyl (C=O) groups is 4. The molecule has 2 rings (SSSR count). The molecule has 2 amide bonds. The molecule has 0 saturated carbocycles. The van der Waals surface area contributed by atoms with Crippen LogP contribution in [0.1, 0.15) is 20.7 Å². The molecular weight excluding hydrogens is 238 g/mol. The number of hydrogen-bond acceptors (Lipinski definition) is 4. The summed E-state index contributed by atoms with van der Waals surface area (Å²) in [6.07, 6.45) is 2.45. The van der Waals surface area contributed by atoms with Crippen molar-refractivity contribution in [1.29, 1.82) is 0 Å². The van der Waals surface area contributed by atoms with Gasteiger partial charge in [0.05, 0.1) is 11.3 Å². The number of aldehydes is 1. The fourth-order valence-corrected chi connectivity index (χ4v) is 1.71. The van der Waals surface area contributed by atoms with Crippen LogP contribution in [0.25, 0.3) is 0 Å². The van der Waals surface area contributed by atoms with Crippen LogP contribution in [0.2, 0.25) is 0 Å². The third-order valence-corrected chi connectivity index (χ3v) is 2.47. The molecule has 0 fully saturated rings. The molecule has 1 heterocycles. The first-order valence-electron chi connectivity index (χ1n) is 4.94. The topological polar surface area (TPSA) is 91.8 Å². The van der Waals surface area contributed by atoms with Crippen LogP contribution in [-0.2, 0) is 9.59 Å². The second-order valence-corrected chi connectivity index (χ2v) is 3.51. The van der Waals surface area contributed by atoms with E-state index in [2.05, 4.69) is 0 Å². The summed E-state index contributed by atoms with van der Waals surface area (Å²) in [6.45, 7) is 0. The Hall–Kier alpha value is -2.76. The average Bonchev–Trinajstić information content (AvgIpc) is 2.67. The van der Waals surface area contributed by atoms with Crippen molar-refractivity contribution in [2.24, 2.45) is 0 Å². The van der Waals surface area contributed by atoms with Crippen LogP contribution in [0, 0.1) is 0 Å². The van der Waals surface area contributed by atoms with Gasteiger partial charge in [0, 0.05) is 17.7 Å². The molecule has 0 aliphatic carbocycles. The number of carbonyl (C=O) groups excluding carboxylic acids is 3. The Morgan fingerprint density at radius 2 is 1.78 bits per heavy atom. The number of rotatable bonds is 3. The fourth-order valence-electron chi connectivity index (χ4n) is 1.71.